The molecule has 126 valence electrons. The van der Waals surface area contributed by atoms with Gasteiger partial charge >= 0.3 is 11.9 Å². The van der Waals surface area contributed by atoms with Crippen LogP contribution in [0.2, 0.25) is 0 Å². The van der Waals surface area contributed by atoms with Crippen LogP contribution in [0.5, 0.6) is 0 Å². The summed E-state index contributed by atoms with van der Waals surface area (Å²) in [5.41, 5.74) is 2.15. The Bertz CT molecular complexity index is 892. The molecule has 1 aromatic heterocycles. The lowest BCUT2D eigenvalue weighted by Gasteiger charge is -2.16. The molecule has 0 aliphatic heterocycles. The van der Waals surface area contributed by atoms with E-state index in [9.17, 15) is 9.59 Å². The first-order valence-electron chi connectivity index (χ1n) is 7.83. The van der Waals surface area contributed by atoms with E-state index >= 15 is 0 Å². The minimum Gasteiger partial charge on any atom is -0.466 e. The summed E-state index contributed by atoms with van der Waals surface area (Å²) in [6, 6.07) is 18.3. The molecule has 0 unspecified atom stereocenters. The van der Waals surface area contributed by atoms with Crippen LogP contribution in [0, 0.1) is 0 Å². The van der Waals surface area contributed by atoms with Gasteiger partial charge in [-0.2, -0.15) is 0 Å². The zero-order valence-corrected chi connectivity index (χ0v) is 13.7. The summed E-state index contributed by atoms with van der Waals surface area (Å²) in [6.07, 6.45) is 0.587. The van der Waals surface area contributed by atoms with Crippen LogP contribution in [0.4, 0.5) is 0 Å². The maximum Gasteiger partial charge on any atom is 0.351 e. The number of fused-ring (bicyclic) bond motifs is 1. The molecule has 3 aromatic rings. The summed E-state index contributed by atoms with van der Waals surface area (Å²) in [6.45, 7) is 0. The molecule has 0 saturated carbocycles. The lowest BCUT2D eigenvalue weighted by atomic mass is 10.1. The van der Waals surface area contributed by atoms with E-state index in [2.05, 4.69) is 4.98 Å². The molecular formula is C20H17NO4. The summed E-state index contributed by atoms with van der Waals surface area (Å²) in [4.78, 5) is 28.6. The van der Waals surface area contributed by atoms with Crippen LogP contribution in [-0.4, -0.2) is 24.0 Å². The van der Waals surface area contributed by atoms with Crippen LogP contribution in [0.1, 0.15) is 17.2 Å². The largest absolute Gasteiger partial charge is 0.466 e. The molecule has 0 radical (unpaired) electrons. The van der Waals surface area contributed by atoms with Crippen molar-refractivity contribution in [2.45, 2.75) is 12.5 Å². The standard InChI is InChI=1S/C20H17NO4/c1-24-20(23)19(15-7-3-2-4-8-15)25-18(22)12-14-11-16-9-5-6-10-17(16)21-13-14/h2-11,13,19H,12H2,1H3/t19-/m1/s1. The summed E-state index contributed by atoms with van der Waals surface area (Å²) in [5.74, 6) is -1.13. The second kappa shape index (κ2) is 7.57. The highest BCUT2D eigenvalue weighted by Gasteiger charge is 2.25. The monoisotopic (exact) mass is 335 g/mol. The summed E-state index contributed by atoms with van der Waals surface area (Å²) in [7, 11) is 1.26. The molecule has 0 saturated heterocycles. The Morgan fingerprint density at radius 1 is 1.04 bits per heavy atom. The Kier molecular flexibility index (Phi) is 5.04. The van der Waals surface area contributed by atoms with Gasteiger partial charge in [0, 0.05) is 17.1 Å². The quantitative estimate of drug-likeness (QED) is 0.670. The Morgan fingerprint density at radius 2 is 1.76 bits per heavy atom. The van der Waals surface area contributed by atoms with Gasteiger partial charge in [-0.05, 0) is 17.7 Å². The molecular weight excluding hydrogens is 318 g/mol. The highest BCUT2D eigenvalue weighted by molar-refractivity contribution is 5.83. The molecule has 3 rings (SSSR count). The number of methoxy groups -OCH3 is 1. The van der Waals surface area contributed by atoms with Crippen molar-refractivity contribution in [3.8, 4) is 0 Å². The fourth-order valence-corrected chi connectivity index (χ4v) is 2.54. The number of para-hydroxylation sites is 1. The van der Waals surface area contributed by atoms with Crippen molar-refractivity contribution in [1.29, 1.82) is 0 Å². The fraction of sp³-hybridized carbons (Fsp3) is 0.150. The van der Waals surface area contributed by atoms with Gasteiger partial charge in [-0.25, -0.2) is 4.79 Å². The van der Waals surface area contributed by atoms with Crippen molar-refractivity contribution >= 4 is 22.8 Å². The van der Waals surface area contributed by atoms with Gasteiger partial charge in [0.25, 0.3) is 0 Å². The van der Waals surface area contributed by atoms with E-state index in [4.69, 9.17) is 9.47 Å². The minimum atomic E-state index is -1.08. The molecule has 0 spiro atoms. The van der Waals surface area contributed by atoms with Crippen LogP contribution < -0.4 is 0 Å². The Morgan fingerprint density at radius 3 is 2.52 bits per heavy atom. The number of benzene rings is 2. The fourth-order valence-electron chi connectivity index (χ4n) is 2.54. The van der Waals surface area contributed by atoms with Crippen LogP contribution in [-0.2, 0) is 25.5 Å². The first-order chi connectivity index (χ1) is 12.2. The lowest BCUT2D eigenvalue weighted by Crippen LogP contribution is -2.22. The zero-order valence-electron chi connectivity index (χ0n) is 13.7. The van der Waals surface area contributed by atoms with Crippen LogP contribution >= 0.6 is 0 Å². The van der Waals surface area contributed by atoms with Crippen LogP contribution in [0.3, 0.4) is 0 Å². The zero-order chi connectivity index (χ0) is 17.6. The maximum atomic E-state index is 12.3. The van der Waals surface area contributed by atoms with Gasteiger partial charge in [-0.3, -0.25) is 9.78 Å². The van der Waals surface area contributed by atoms with Gasteiger partial charge in [-0.1, -0.05) is 48.5 Å². The predicted octanol–water partition coefficient (Wildman–Crippen LogP) is 3.23. The molecule has 5 nitrogen and oxygen atoms in total. The van der Waals surface area contributed by atoms with E-state index in [0.717, 1.165) is 16.5 Å². The Labute approximate surface area is 145 Å². The van der Waals surface area contributed by atoms with E-state index in [0.29, 0.717) is 5.56 Å². The number of rotatable bonds is 5. The van der Waals surface area contributed by atoms with E-state index in [1.807, 2.05) is 36.4 Å². The molecule has 0 amide bonds. The maximum absolute atomic E-state index is 12.3. The molecule has 0 aliphatic rings. The second-order valence-electron chi connectivity index (χ2n) is 5.52. The molecule has 0 fully saturated rings. The molecule has 0 bridgehead atoms. The number of esters is 2. The number of hydrogen-bond donors (Lipinski definition) is 0. The van der Waals surface area contributed by atoms with Gasteiger partial charge in [0.2, 0.25) is 6.10 Å². The van der Waals surface area contributed by atoms with E-state index in [-0.39, 0.29) is 6.42 Å². The molecule has 1 atom stereocenters. The minimum absolute atomic E-state index is 0.0260. The van der Waals surface area contributed by atoms with Crippen molar-refractivity contribution in [2.75, 3.05) is 7.11 Å². The van der Waals surface area contributed by atoms with Gasteiger partial charge in [-0.15, -0.1) is 0 Å². The van der Waals surface area contributed by atoms with E-state index in [1.165, 1.54) is 7.11 Å². The van der Waals surface area contributed by atoms with Gasteiger partial charge in [0.05, 0.1) is 19.0 Å². The normalized spacial score (nSPS) is 11.7. The SMILES string of the molecule is COC(=O)[C@H](OC(=O)Cc1cnc2ccccc2c1)c1ccccc1. The van der Waals surface area contributed by atoms with Crippen LogP contribution in [0.25, 0.3) is 10.9 Å². The topological polar surface area (TPSA) is 65.5 Å². The third kappa shape index (κ3) is 4.01. The van der Waals surface area contributed by atoms with E-state index in [1.54, 1.807) is 30.5 Å². The number of nitrogens with zero attached hydrogens (tertiary/aromatic N) is 1. The first kappa shape index (κ1) is 16.6. The first-order valence-corrected chi connectivity index (χ1v) is 7.83. The average molecular weight is 335 g/mol. The molecule has 0 aliphatic carbocycles. The number of ether oxygens (including phenoxy) is 2. The summed E-state index contributed by atoms with van der Waals surface area (Å²) in [5, 5.41) is 0.945. The number of pyridine rings is 1. The van der Waals surface area contributed by atoms with Gasteiger partial charge in [0.15, 0.2) is 0 Å². The predicted molar refractivity (Wildman–Crippen MR) is 92.7 cm³/mol. The molecule has 1 heterocycles. The van der Waals surface area contributed by atoms with Gasteiger partial charge in [0.1, 0.15) is 0 Å². The number of carbonyl (C=O) groups excluding carboxylic acids is 2. The van der Waals surface area contributed by atoms with Crippen molar-refractivity contribution < 1.29 is 19.1 Å². The molecule has 0 N–H and O–H groups in total. The third-order valence-electron chi connectivity index (χ3n) is 3.76. The van der Waals surface area contributed by atoms with Gasteiger partial charge < -0.3 is 9.47 Å². The van der Waals surface area contributed by atoms with Crippen molar-refractivity contribution in [1.82, 2.24) is 4.98 Å². The summed E-state index contributed by atoms with van der Waals surface area (Å²) < 4.78 is 10.1. The van der Waals surface area contributed by atoms with Crippen molar-refractivity contribution in [2.24, 2.45) is 0 Å². The number of hydrogen-bond acceptors (Lipinski definition) is 5. The highest BCUT2D eigenvalue weighted by atomic mass is 16.6. The number of aromatic nitrogens is 1. The van der Waals surface area contributed by atoms with E-state index < -0.39 is 18.0 Å². The molecule has 2 aromatic carbocycles. The molecule has 5 heteroatoms. The average Bonchev–Trinajstić information content (AvgIpc) is 2.66. The lowest BCUT2D eigenvalue weighted by molar-refractivity contribution is -0.166. The van der Waals surface area contributed by atoms with Crippen molar-refractivity contribution in [3.63, 3.8) is 0 Å². The van der Waals surface area contributed by atoms with Crippen LogP contribution in [0.15, 0.2) is 66.9 Å². The molecule has 25 heavy (non-hydrogen) atoms. The highest BCUT2D eigenvalue weighted by Crippen LogP contribution is 2.20. The summed E-state index contributed by atoms with van der Waals surface area (Å²) >= 11 is 0. The van der Waals surface area contributed by atoms with Crippen molar-refractivity contribution in [3.05, 3.63) is 78.0 Å². The second-order valence-corrected chi connectivity index (χ2v) is 5.52. The Balaban J connectivity index is 1.75. The Hall–Kier alpha value is -3.21. The number of carbonyl (C=O) groups is 2. The smallest absolute Gasteiger partial charge is 0.351 e. The third-order valence-corrected chi connectivity index (χ3v) is 3.76.